The van der Waals surface area contributed by atoms with Crippen molar-refractivity contribution in [3.63, 3.8) is 0 Å². The molecule has 0 heterocycles. The minimum Gasteiger partial charge on any atom is -0.494 e. The van der Waals surface area contributed by atoms with Gasteiger partial charge in [0.25, 0.3) is 5.69 Å². The Bertz CT molecular complexity index is 677. The van der Waals surface area contributed by atoms with Crippen LogP contribution in [0.1, 0.15) is 5.56 Å². The topological polar surface area (TPSA) is 64.4 Å². The molecule has 1 N–H and O–H groups in total. The molecule has 0 bridgehead atoms. The molecule has 0 spiro atoms. The van der Waals surface area contributed by atoms with Crippen LogP contribution in [0.3, 0.4) is 0 Å². The molecule has 2 rings (SSSR count). The number of methoxy groups -OCH3 is 1. The highest BCUT2D eigenvalue weighted by Gasteiger charge is 2.11. The number of ether oxygens (including phenoxy) is 1. The van der Waals surface area contributed by atoms with Crippen LogP contribution < -0.4 is 10.1 Å². The molecule has 0 atom stereocenters. The van der Waals surface area contributed by atoms with Crippen LogP contribution in [0.5, 0.6) is 5.75 Å². The monoisotopic (exact) mass is 326 g/mol. The van der Waals surface area contributed by atoms with E-state index in [0.717, 1.165) is 5.56 Å². The normalized spacial score (nSPS) is 10.2. The Morgan fingerprint density at radius 1 is 1.24 bits per heavy atom. The van der Waals surface area contributed by atoms with Gasteiger partial charge in [-0.15, -0.1) is 0 Å². The van der Waals surface area contributed by atoms with Crippen molar-refractivity contribution in [2.75, 3.05) is 12.4 Å². The molecular weight excluding hydrogens is 315 g/mol. The highest BCUT2D eigenvalue weighted by molar-refractivity contribution is 6.33. The molecule has 2 aromatic carbocycles. The van der Waals surface area contributed by atoms with Gasteiger partial charge in [0.05, 0.1) is 23.8 Å². The molecule has 5 nitrogen and oxygen atoms in total. The first-order valence-corrected chi connectivity index (χ1v) is 6.77. The van der Waals surface area contributed by atoms with Crippen LogP contribution in [0.15, 0.2) is 36.4 Å². The van der Waals surface area contributed by atoms with Crippen molar-refractivity contribution >= 4 is 34.6 Å². The second-order valence-corrected chi connectivity index (χ2v) is 5.07. The summed E-state index contributed by atoms with van der Waals surface area (Å²) in [4.78, 5) is 10.3. The fraction of sp³-hybridized carbons (Fsp3) is 0.143. The van der Waals surface area contributed by atoms with Gasteiger partial charge in [0.15, 0.2) is 0 Å². The molecule has 0 saturated carbocycles. The molecule has 0 saturated heterocycles. The molecule has 0 aliphatic carbocycles. The first-order valence-electron chi connectivity index (χ1n) is 6.01. The van der Waals surface area contributed by atoms with Gasteiger partial charge in [-0.3, -0.25) is 10.1 Å². The number of halogens is 2. The molecule has 7 heteroatoms. The molecule has 110 valence electrons. The maximum absolute atomic E-state index is 10.7. The molecule has 0 aliphatic heterocycles. The van der Waals surface area contributed by atoms with Crippen molar-refractivity contribution in [1.29, 1.82) is 0 Å². The van der Waals surface area contributed by atoms with E-state index in [1.165, 1.54) is 19.2 Å². The summed E-state index contributed by atoms with van der Waals surface area (Å²) in [6.45, 7) is 0.424. The van der Waals surface area contributed by atoms with Crippen molar-refractivity contribution < 1.29 is 9.66 Å². The van der Waals surface area contributed by atoms with Crippen LogP contribution in [0, 0.1) is 10.1 Å². The van der Waals surface area contributed by atoms with Gasteiger partial charge in [0.1, 0.15) is 5.75 Å². The third-order valence-corrected chi connectivity index (χ3v) is 3.48. The quantitative estimate of drug-likeness (QED) is 0.648. The maximum atomic E-state index is 10.7. The number of hydrogen-bond donors (Lipinski definition) is 1. The van der Waals surface area contributed by atoms with Crippen molar-refractivity contribution in [1.82, 2.24) is 0 Å². The van der Waals surface area contributed by atoms with Gasteiger partial charge < -0.3 is 10.1 Å². The largest absolute Gasteiger partial charge is 0.494 e. The van der Waals surface area contributed by atoms with E-state index < -0.39 is 4.92 Å². The van der Waals surface area contributed by atoms with E-state index in [1.807, 2.05) is 0 Å². The lowest BCUT2D eigenvalue weighted by Gasteiger charge is -2.12. The Balaban J connectivity index is 2.19. The average molecular weight is 327 g/mol. The summed E-state index contributed by atoms with van der Waals surface area (Å²) in [6.07, 6.45) is 0. The highest BCUT2D eigenvalue weighted by Crippen LogP contribution is 2.30. The minimum atomic E-state index is -0.472. The Labute approximate surface area is 131 Å². The summed E-state index contributed by atoms with van der Waals surface area (Å²) in [5.41, 5.74) is 1.43. The molecular formula is C14H12Cl2N2O3. The van der Waals surface area contributed by atoms with E-state index in [0.29, 0.717) is 28.0 Å². The first kappa shape index (κ1) is 15.4. The molecule has 0 aromatic heterocycles. The zero-order valence-corrected chi connectivity index (χ0v) is 12.6. The predicted octanol–water partition coefficient (Wildman–Crippen LogP) is 4.52. The van der Waals surface area contributed by atoms with E-state index in [1.54, 1.807) is 24.3 Å². The number of nitrogens with one attached hydrogen (secondary N) is 1. The van der Waals surface area contributed by atoms with Crippen molar-refractivity contribution in [3.8, 4) is 5.75 Å². The summed E-state index contributed by atoms with van der Waals surface area (Å²) in [7, 11) is 1.45. The van der Waals surface area contributed by atoms with E-state index in [9.17, 15) is 10.1 Å². The highest BCUT2D eigenvalue weighted by atomic mass is 35.5. The lowest BCUT2D eigenvalue weighted by Crippen LogP contribution is -2.02. The van der Waals surface area contributed by atoms with Crippen LogP contribution in [-0.4, -0.2) is 12.0 Å². The second-order valence-electron chi connectivity index (χ2n) is 4.23. The van der Waals surface area contributed by atoms with Crippen LogP contribution in [0.2, 0.25) is 10.0 Å². The number of nitro benzene ring substituents is 1. The van der Waals surface area contributed by atoms with E-state index in [2.05, 4.69) is 5.32 Å². The van der Waals surface area contributed by atoms with Gasteiger partial charge in [-0.05, 0) is 29.8 Å². The molecule has 2 aromatic rings. The smallest absolute Gasteiger partial charge is 0.273 e. The third kappa shape index (κ3) is 3.77. The molecule has 21 heavy (non-hydrogen) atoms. The van der Waals surface area contributed by atoms with Crippen LogP contribution in [0.4, 0.5) is 11.4 Å². The average Bonchev–Trinajstić information content (AvgIpc) is 2.47. The fourth-order valence-electron chi connectivity index (χ4n) is 1.81. The van der Waals surface area contributed by atoms with Gasteiger partial charge in [0, 0.05) is 22.7 Å². The van der Waals surface area contributed by atoms with E-state index >= 15 is 0 Å². The maximum Gasteiger partial charge on any atom is 0.273 e. The molecule has 0 fully saturated rings. The number of non-ortho nitro benzene ring substituents is 1. The van der Waals surface area contributed by atoms with E-state index in [-0.39, 0.29) is 5.69 Å². The summed E-state index contributed by atoms with van der Waals surface area (Å²) in [5.74, 6) is 0.391. The van der Waals surface area contributed by atoms with Crippen LogP contribution in [0.25, 0.3) is 0 Å². The number of rotatable bonds is 5. The number of anilines is 1. The van der Waals surface area contributed by atoms with Gasteiger partial charge in [-0.2, -0.15) is 0 Å². The Kier molecular flexibility index (Phi) is 4.88. The summed E-state index contributed by atoms with van der Waals surface area (Å²) < 4.78 is 5.15. The zero-order chi connectivity index (χ0) is 15.4. The lowest BCUT2D eigenvalue weighted by molar-refractivity contribution is -0.384. The number of benzene rings is 2. The van der Waals surface area contributed by atoms with Crippen molar-refractivity contribution in [2.45, 2.75) is 6.54 Å². The molecule has 0 aliphatic rings. The van der Waals surface area contributed by atoms with Crippen LogP contribution in [-0.2, 0) is 6.54 Å². The SMILES string of the molecule is COc1cc([N+](=O)[O-])ccc1NCc1cc(Cl)ccc1Cl. The Morgan fingerprint density at radius 3 is 2.67 bits per heavy atom. The standard InChI is InChI=1S/C14H12Cl2N2O3/c1-21-14-7-11(18(19)20)3-5-13(14)17-8-9-6-10(15)2-4-12(9)16/h2-7,17H,8H2,1H3. The third-order valence-electron chi connectivity index (χ3n) is 2.87. The zero-order valence-electron chi connectivity index (χ0n) is 11.1. The summed E-state index contributed by atoms with van der Waals surface area (Å²) in [6, 6.07) is 9.55. The predicted molar refractivity (Wildman–Crippen MR) is 83.4 cm³/mol. The molecule has 0 radical (unpaired) electrons. The van der Waals surface area contributed by atoms with Gasteiger partial charge in [-0.25, -0.2) is 0 Å². The minimum absolute atomic E-state index is 0.0295. The van der Waals surface area contributed by atoms with Gasteiger partial charge in [0.2, 0.25) is 0 Å². The summed E-state index contributed by atoms with van der Waals surface area (Å²) >= 11 is 12.0. The van der Waals surface area contributed by atoms with Gasteiger partial charge >= 0.3 is 0 Å². The lowest BCUT2D eigenvalue weighted by atomic mass is 10.2. The number of nitrogens with zero attached hydrogens (tertiary/aromatic N) is 1. The second kappa shape index (κ2) is 6.65. The van der Waals surface area contributed by atoms with Crippen molar-refractivity contribution in [2.24, 2.45) is 0 Å². The van der Waals surface area contributed by atoms with Gasteiger partial charge in [-0.1, -0.05) is 23.2 Å². The van der Waals surface area contributed by atoms with Crippen molar-refractivity contribution in [3.05, 3.63) is 62.1 Å². The molecule has 0 amide bonds. The Morgan fingerprint density at radius 2 is 2.00 bits per heavy atom. The Hall–Kier alpha value is -1.98. The first-order chi connectivity index (χ1) is 10.0. The molecule has 0 unspecified atom stereocenters. The fourth-order valence-corrected chi connectivity index (χ4v) is 2.19. The number of nitro groups is 1. The van der Waals surface area contributed by atoms with E-state index in [4.69, 9.17) is 27.9 Å². The van der Waals surface area contributed by atoms with Crippen LogP contribution >= 0.6 is 23.2 Å². The number of hydrogen-bond acceptors (Lipinski definition) is 4. The summed E-state index contributed by atoms with van der Waals surface area (Å²) in [5, 5.41) is 15.0.